The van der Waals surface area contributed by atoms with Gasteiger partial charge in [-0.1, -0.05) is 35.3 Å². The molecule has 1 aliphatic heterocycles. The lowest BCUT2D eigenvalue weighted by atomic mass is 9.93. The third-order valence-electron chi connectivity index (χ3n) is 6.29. The summed E-state index contributed by atoms with van der Waals surface area (Å²) in [5.74, 6) is 2.04. The number of nitrogens with zero attached hydrogens (tertiary/aromatic N) is 4. The molecule has 0 spiro atoms. The second-order valence-electron chi connectivity index (χ2n) is 8.75. The van der Waals surface area contributed by atoms with Crippen molar-refractivity contribution in [3.63, 3.8) is 0 Å². The number of benzene rings is 2. The van der Waals surface area contributed by atoms with Gasteiger partial charge in [0.2, 0.25) is 0 Å². The summed E-state index contributed by atoms with van der Waals surface area (Å²) in [6.45, 7) is 2.53. The number of anilines is 1. The van der Waals surface area contributed by atoms with Crippen LogP contribution >= 0.6 is 34.7 Å². The number of aromatic nitrogens is 3. The maximum absolute atomic E-state index is 12.1. The number of fused-ring (bicyclic) bond motifs is 1. The fourth-order valence-corrected chi connectivity index (χ4v) is 5.27. The number of halogens is 2. The average Bonchev–Trinajstić information content (AvgIpc) is 3.37. The van der Waals surface area contributed by atoms with Crippen molar-refractivity contribution in [2.24, 2.45) is 5.92 Å². The zero-order valence-electron chi connectivity index (χ0n) is 19.5. The molecule has 0 radical (unpaired) electrons. The second-order valence-corrected chi connectivity index (χ2v) is 10.4. The highest BCUT2D eigenvalue weighted by atomic mass is 35.5. The van der Waals surface area contributed by atoms with Crippen LogP contribution in [-0.2, 0) is 11.3 Å². The Hall–Kier alpha value is -2.94. The summed E-state index contributed by atoms with van der Waals surface area (Å²) in [7, 11) is 0. The number of ether oxygens (including phenoxy) is 1. The van der Waals surface area contributed by atoms with E-state index in [0.717, 1.165) is 64.7 Å². The first-order valence-corrected chi connectivity index (χ1v) is 13.4. The zero-order chi connectivity index (χ0) is 24.9. The molecule has 186 valence electrons. The van der Waals surface area contributed by atoms with Crippen molar-refractivity contribution >= 4 is 57.5 Å². The van der Waals surface area contributed by atoms with Crippen LogP contribution in [0.4, 0.5) is 10.6 Å². The van der Waals surface area contributed by atoms with Gasteiger partial charge in [0, 0.05) is 40.6 Å². The molecule has 0 aliphatic carbocycles. The van der Waals surface area contributed by atoms with Gasteiger partial charge in [-0.05, 0) is 79.2 Å². The number of hydrogen-bond donors (Lipinski definition) is 1. The Morgan fingerprint density at radius 3 is 2.61 bits per heavy atom. The van der Waals surface area contributed by atoms with Gasteiger partial charge in [-0.15, -0.1) is 0 Å². The molecule has 0 saturated carbocycles. The van der Waals surface area contributed by atoms with Gasteiger partial charge in [-0.2, -0.15) is 4.37 Å². The molecule has 0 unspecified atom stereocenters. The summed E-state index contributed by atoms with van der Waals surface area (Å²) in [6, 6.07) is 17.3. The van der Waals surface area contributed by atoms with Crippen molar-refractivity contribution in [3.8, 4) is 10.6 Å². The largest absolute Gasteiger partial charge is 0.441 e. The Morgan fingerprint density at radius 1 is 1.03 bits per heavy atom. The van der Waals surface area contributed by atoms with Crippen molar-refractivity contribution in [2.45, 2.75) is 25.9 Å². The van der Waals surface area contributed by atoms with Crippen molar-refractivity contribution in [2.75, 3.05) is 24.5 Å². The first-order chi connectivity index (χ1) is 17.5. The van der Waals surface area contributed by atoms with E-state index < -0.39 is 6.09 Å². The highest BCUT2D eigenvalue weighted by Crippen LogP contribution is 2.27. The zero-order valence-corrected chi connectivity index (χ0v) is 21.8. The number of alkyl carbamates (subject to hydrolysis) is 1. The van der Waals surface area contributed by atoms with Gasteiger partial charge in [-0.25, -0.2) is 14.8 Å². The van der Waals surface area contributed by atoms with E-state index in [1.165, 1.54) is 11.5 Å². The maximum atomic E-state index is 12.1. The Labute approximate surface area is 223 Å². The molecular weight excluding hydrogens is 517 g/mol. The molecule has 1 N–H and O–H groups in total. The molecule has 1 aliphatic rings. The Bertz CT molecular complexity index is 1340. The molecule has 0 bridgehead atoms. The SMILES string of the molecule is O=C(NCCC1CCN(c2ccc3cc(Cl)ccc3n2)CC1)OCc1nsc(-c2ccc(Cl)cc2)n1. The molecule has 3 heterocycles. The molecule has 1 saturated heterocycles. The van der Waals surface area contributed by atoms with Crippen LogP contribution in [-0.4, -0.2) is 40.1 Å². The smallest absolute Gasteiger partial charge is 0.407 e. The van der Waals surface area contributed by atoms with Crippen LogP contribution in [0.3, 0.4) is 0 Å². The quantitative estimate of drug-likeness (QED) is 0.284. The van der Waals surface area contributed by atoms with Crippen molar-refractivity contribution in [3.05, 3.63) is 70.5 Å². The Morgan fingerprint density at radius 2 is 1.81 bits per heavy atom. The van der Waals surface area contributed by atoms with Gasteiger partial charge < -0.3 is 15.0 Å². The number of carbonyl (C=O) groups is 1. The van der Waals surface area contributed by atoms with Gasteiger partial charge >= 0.3 is 6.09 Å². The number of carbonyl (C=O) groups excluding carboxylic acids is 1. The fraction of sp³-hybridized carbons (Fsp3) is 0.308. The molecule has 1 amide bonds. The third kappa shape index (κ3) is 6.24. The number of nitrogens with one attached hydrogen (secondary N) is 1. The molecular formula is C26H25Cl2N5O2S. The van der Waals surface area contributed by atoms with Crippen molar-refractivity contribution in [1.29, 1.82) is 0 Å². The van der Waals surface area contributed by atoms with Crippen LogP contribution in [0.2, 0.25) is 10.0 Å². The minimum atomic E-state index is -0.448. The van der Waals surface area contributed by atoms with Gasteiger partial charge in [0.15, 0.2) is 12.4 Å². The third-order valence-corrected chi connectivity index (χ3v) is 7.58. The van der Waals surface area contributed by atoms with E-state index in [9.17, 15) is 4.79 Å². The van der Waals surface area contributed by atoms with Crippen molar-refractivity contribution in [1.82, 2.24) is 19.7 Å². The molecule has 10 heteroatoms. The highest BCUT2D eigenvalue weighted by molar-refractivity contribution is 7.09. The van der Waals surface area contributed by atoms with Crippen molar-refractivity contribution < 1.29 is 9.53 Å². The molecule has 5 rings (SSSR count). The second kappa shape index (κ2) is 11.4. The van der Waals surface area contributed by atoms with E-state index in [4.69, 9.17) is 32.9 Å². The monoisotopic (exact) mass is 541 g/mol. The standard InChI is InChI=1S/C26H25Cl2N5O2S/c27-20-4-1-18(2-5-20)25-31-23(32-36-25)16-35-26(34)29-12-9-17-10-13-33(14-11-17)24-8-3-19-15-21(28)6-7-22(19)30-24/h1-8,15,17H,9-14,16H2,(H,29,34). The van der Waals surface area contributed by atoms with E-state index in [-0.39, 0.29) is 6.61 Å². The lowest BCUT2D eigenvalue weighted by molar-refractivity contribution is 0.136. The van der Waals surface area contributed by atoms with Gasteiger partial charge in [0.25, 0.3) is 0 Å². The van der Waals surface area contributed by atoms with E-state index in [2.05, 4.69) is 31.7 Å². The van der Waals surface area contributed by atoms with E-state index >= 15 is 0 Å². The number of amides is 1. The average molecular weight is 542 g/mol. The summed E-state index contributed by atoms with van der Waals surface area (Å²) >= 11 is 13.3. The van der Waals surface area contributed by atoms with Gasteiger partial charge in [0.1, 0.15) is 10.8 Å². The molecule has 7 nitrogen and oxygen atoms in total. The van der Waals surface area contributed by atoms with Gasteiger partial charge in [-0.3, -0.25) is 0 Å². The van der Waals surface area contributed by atoms with Crippen LogP contribution in [0.15, 0.2) is 54.6 Å². The lowest BCUT2D eigenvalue weighted by Crippen LogP contribution is -2.35. The van der Waals surface area contributed by atoms with Crippen LogP contribution in [0.1, 0.15) is 25.1 Å². The Kier molecular flexibility index (Phi) is 7.84. The highest BCUT2D eigenvalue weighted by Gasteiger charge is 2.20. The normalized spacial score (nSPS) is 14.2. The maximum Gasteiger partial charge on any atom is 0.407 e. The number of rotatable bonds is 7. The minimum absolute atomic E-state index is 0.0409. The number of piperidine rings is 1. The molecule has 2 aromatic carbocycles. The molecule has 0 atom stereocenters. The molecule has 4 aromatic rings. The van der Waals surface area contributed by atoms with Gasteiger partial charge in [0.05, 0.1) is 5.52 Å². The summed E-state index contributed by atoms with van der Waals surface area (Å²) in [5, 5.41) is 6.05. The van der Waals surface area contributed by atoms with Crippen LogP contribution in [0.25, 0.3) is 21.5 Å². The number of pyridine rings is 1. The molecule has 2 aromatic heterocycles. The number of hydrogen-bond acceptors (Lipinski definition) is 7. The molecule has 36 heavy (non-hydrogen) atoms. The summed E-state index contributed by atoms with van der Waals surface area (Å²) in [6.07, 6.45) is 2.60. The van der Waals surface area contributed by atoms with Crippen LogP contribution in [0, 0.1) is 5.92 Å². The van der Waals surface area contributed by atoms with E-state index in [0.29, 0.717) is 23.3 Å². The summed E-state index contributed by atoms with van der Waals surface area (Å²) in [4.78, 5) is 23.7. The summed E-state index contributed by atoms with van der Waals surface area (Å²) in [5.41, 5.74) is 1.88. The van der Waals surface area contributed by atoms with Crippen LogP contribution in [0.5, 0.6) is 0 Å². The predicted molar refractivity (Wildman–Crippen MR) is 145 cm³/mol. The predicted octanol–water partition coefficient (Wildman–Crippen LogP) is 6.59. The minimum Gasteiger partial charge on any atom is -0.441 e. The van der Waals surface area contributed by atoms with E-state index in [1.807, 2.05) is 42.5 Å². The first kappa shape index (κ1) is 24.7. The lowest BCUT2D eigenvalue weighted by Gasteiger charge is -2.33. The first-order valence-electron chi connectivity index (χ1n) is 11.8. The van der Waals surface area contributed by atoms with E-state index in [1.54, 1.807) is 0 Å². The summed E-state index contributed by atoms with van der Waals surface area (Å²) < 4.78 is 9.56. The Balaban J connectivity index is 1.02. The topological polar surface area (TPSA) is 80.2 Å². The molecule has 1 fully saturated rings. The fourth-order valence-electron chi connectivity index (χ4n) is 4.29. The van der Waals surface area contributed by atoms with Crippen LogP contribution < -0.4 is 10.2 Å².